The Hall–Kier alpha value is -2.27. The molecule has 3 fully saturated rings. The van der Waals surface area contributed by atoms with Gasteiger partial charge in [-0.15, -0.1) is 0 Å². The van der Waals surface area contributed by atoms with Crippen LogP contribution in [-0.2, 0) is 36.1 Å². The van der Waals surface area contributed by atoms with Crippen LogP contribution in [0.15, 0.2) is 48.6 Å². The highest BCUT2D eigenvalue weighted by atomic mass is 127. The molecule has 1 saturated carbocycles. The van der Waals surface area contributed by atoms with Crippen LogP contribution in [0.4, 0.5) is 5.69 Å². The summed E-state index contributed by atoms with van der Waals surface area (Å²) in [5, 5.41) is 3.22. The highest BCUT2D eigenvalue weighted by Gasteiger charge is 2.44. The van der Waals surface area contributed by atoms with Gasteiger partial charge in [0.15, 0.2) is 5.78 Å². The van der Waals surface area contributed by atoms with E-state index >= 15 is 0 Å². The number of carbonyl (C=O) groups excluding carboxylic acids is 2. The molecule has 1 spiro atoms. The van der Waals surface area contributed by atoms with E-state index in [4.69, 9.17) is 25.8 Å². The first-order valence-electron chi connectivity index (χ1n) is 20.0. The molecule has 308 valence electrons. The summed E-state index contributed by atoms with van der Waals surface area (Å²) in [4.78, 5) is 33.7. The summed E-state index contributed by atoms with van der Waals surface area (Å²) >= 11 is 8.54. The molecule has 4 aliphatic heterocycles. The van der Waals surface area contributed by atoms with Crippen LogP contribution < -0.4 is 19.7 Å². The first-order chi connectivity index (χ1) is 27.1. The van der Waals surface area contributed by atoms with Crippen LogP contribution in [0.5, 0.6) is 5.75 Å². The molecule has 14 heteroatoms. The topological polar surface area (TPSA) is 127 Å². The Bertz CT molecular complexity index is 1810. The molecule has 1 amide bonds. The fourth-order valence-electron chi connectivity index (χ4n) is 9.28. The molecular weight excluding hydrogens is 867 g/mol. The van der Waals surface area contributed by atoms with Gasteiger partial charge in [-0.25, -0.2) is 13.1 Å². The van der Waals surface area contributed by atoms with Gasteiger partial charge in [-0.1, -0.05) is 53.3 Å². The van der Waals surface area contributed by atoms with Crippen molar-refractivity contribution < 1.29 is 32.2 Å². The molecule has 0 radical (unpaired) electrons. The van der Waals surface area contributed by atoms with Gasteiger partial charge < -0.3 is 24.4 Å². The third-order valence-corrected chi connectivity index (χ3v) is 14.7. The van der Waals surface area contributed by atoms with Crippen LogP contribution in [0.25, 0.3) is 0 Å². The van der Waals surface area contributed by atoms with E-state index in [-0.39, 0.29) is 47.5 Å². The zero-order valence-electron chi connectivity index (χ0n) is 32.9. The Morgan fingerprint density at radius 2 is 1.95 bits per heavy atom. The Kier molecular flexibility index (Phi) is 15.2. The lowest BCUT2D eigenvalue weighted by Crippen LogP contribution is -2.56. The average molecular weight is 925 g/mol. The zero-order chi connectivity index (χ0) is 39.9. The number of halogens is 2. The number of sulfonamides is 1. The summed E-state index contributed by atoms with van der Waals surface area (Å²) < 4.78 is 46.5. The zero-order valence-corrected chi connectivity index (χ0v) is 36.7. The number of nitrogens with one attached hydrogen (secondary N) is 2. The molecule has 2 saturated heterocycles. The molecule has 2 aromatic rings. The first kappa shape index (κ1) is 43.3. The minimum atomic E-state index is -4.05. The molecule has 2 bridgehead atoms. The Balaban J connectivity index is 0.000000378. The third kappa shape index (κ3) is 9.94. The van der Waals surface area contributed by atoms with E-state index in [2.05, 4.69) is 54.6 Å². The standard InChI is InChI=1S/C34H41ClN2O6S.C7H14N2O.CH3I/c1-22-5-3-7-30(38)27-11-8-25(27)19-37-20-34(15-4-6-23-17-26(35)10-12-28(23)34)21-43-31-13-9-24(18-29(31)37)33(39)36-44(40,41)32(22)14-16-42-2;1-2-9-3-4-10-6-7(9)5-8-1;1-2/h3,7,9-10,12-13,17-18,22,25,27,32H,4-6,8,11,14-16,19-21H2,1-2H3,(H,36,39);7-8H,1-6H2;1H3/b7-3+;;/t22-,25-,27+,32+,34-;7-;/m00./s1. The van der Waals surface area contributed by atoms with Crippen molar-refractivity contribution in [3.8, 4) is 5.75 Å². The van der Waals surface area contributed by atoms with Crippen molar-refractivity contribution in [3.63, 3.8) is 0 Å². The van der Waals surface area contributed by atoms with Crippen molar-refractivity contribution in [1.82, 2.24) is 14.9 Å². The highest BCUT2D eigenvalue weighted by Crippen LogP contribution is 2.46. The molecule has 0 unspecified atom stereocenters. The Labute approximate surface area is 351 Å². The molecule has 2 N–H and O–H groups in total. The second-order valence-corrected chi connectivity index (χ2v) is 18.3. The number of alkyl halides is 1. The summed E-state index contributed by atoms with van der Waals surface area (Å²) in [5.74, 6) is -0.172. The van der Waals surface area contributed by atoms with Gasteiger partial charge in [0.05, 0.1) is 30.8 Å². The maximum absolute atomic E-state index is 13.6. The van der Waals surface area contributed by atoms with Gasteiger partial charge in [0.1, 0.15) is 5.75 Å². The lowest BCUT2D eigenvalue weighted by molar-refractivity contribution is -0.122. The van der Waals surface area contributed by atoms with E-state index < -0.39 is 21.2 Å². The van der Waals surface area contributed by atoms with Crippen LogP contribution in [0.1, 0.15) is 66.9 Å². The van der Waals surface area contributed by atoms with Gasteiger partial charge in [0, 0.05) is 80.9 Å². The molecule has 8 rings (SSSR count). The van der Waals surface area contributed by atoms with Gasteiger partial charge in [-0.05, 0) is 109 Å². The number of amides is 1. The number of rotatable bonds is 3. The fourth-order valence-corrected chi connectivity index (χ4v) is 11.1. The van der Waals surface area contributed by atoms with E-state index in [1.165, 1.54) is 24.8 Å². The van der Waals surface area contributed by atoms with Crippen molar-refractivity contribution >= 4 is 61.6 Å². The van der Waals surface area contributed by atoms with Gasteiger partial charge in [-0.3, -0.25) is 14.5 Å². The number of fused-ring (bicyclic) bond motifs is 5. The average Bonchev–Trinajstić information content (AvgIpc) is 3.33. The number of benzene rings is 2. The fraction of sp³-hybridized carbons (Fsp3) is 0.619. The largest absolute Gasteiger partial charge is 0.490 e. The van der Waals surface area contributed by atoms with E-state index in [0.29, 0.717) is 37.9 Å². The van der Waals surface area contributed by atoms with Gasteiger partial charge in [0.2, 0.25) is 10.0 Å². The minimum absolute atomic E-state index is 0.0880. The predicted octanol–water partition coefficient (Wildman–Crippen LogP) is 5.81. The number of ketones is 1. The number of anilines is 1. The van der Waals surface area contributed by atoms with E-state index in [1.54, 1.807) is 30.4 Å². The SMILES string of the molecule is C1CN2CCOC[C@@H]2CN1.CI.COCC[C@@H]1[C@@H](C)C/C=C/C(=O)[C@@H]2CC[C@H]2CN2C[C@@]3(CCCc4cc(Cl)ccc43)COc3ccc(cc32)C(=O)NS1(=O)=O. The molecule has 4 heterocycles. The Morgan fingerprint density at radius 1 is 1.11 bits per heavy atom. The normalized spacial score (nSPS) is 30.5. The number of piperazine rings is 1. The summed E-state index contributed by atoms with van der Waals surface area (Å²) in [6, 6.07) is 11.9. The Morgan fingerprint density at radius 3 is 2.71 bits per heavy atom. The number of methoxy groups -OCH3 is 1. The summed E-state index contributed by atoms with van der Waals surface area (Å²) in [6.07, 6.45) is 8.75. The van der Waals surface area contributed by atoms with Crippen molar-refractivity contribution in [2.75, 3.05) is 82.6 Å². The minimum Gasteiger partial charge on any atom is -0.490 e. The first-order valence-corrected chi connectivity index (χ1v) is 24.1. The molecule has 6 aliphatic rings. The quantitative estimate of drug-likeness (QED) is 0.288. The number of aryl methyl sites for hydroxylation is 1. The smallest absolute Gasteiger partial charge is 0.264 e. The van der Waals surface area contributed by atoms with Gasteiger partial charge in [0.25, 0.3) is 5.91 Å². The predicted molar refractivity (Wildman–Crippen MR) is 230 cm³/mol. The van der Waals surface area contributed by atoms with Crippen LogP contribution in [0.3, 0.4) is 0 Å². The van der Waals surface area contributed by atoms with Crippen molar-refractivity contribution in [1.29, 1.82) is 0 Å². The van der Waals surface area contributed by atoms with Crippen molar-refractivity contribution in [3.05, 3.63) is 70.3 Å². The summed E-state index contributed by atoms with van der Waals surface area (Å²) in [6.45, 7) is 10.3. The molecule has 0 aromatic heterocycles. The lowest BCUT2D eigenvalue weighted by atomic mass is 9.68. The molecular formula is C42H58ClIN4O7S. The van der Waals surface area contributed by atoms with Gasteiger partial charge in [-0.2, -0.15) is 0 Å². The lowest BCUT2D eigenvalue weighted by Gasteiger charge is -2.44. The molecule has 2 aromatic carbocycles. The maximum atomic E-state index is 13.6. The number of morpholine rings is 1. The van der Waals surface area contributed by atoms with Crippen molar-refractivity contribution in [2.24, 2.45) is 17.8 Å². The second kappa shape index (κ2) is 19.7. The number of ether oxygens (including phenoxy) is 3. The summed E-state index contributed by atoms with van der Waals surface area (Å²) in [5.41, 5.74) is 3.17. The molecule has 11 nitrogen and oxygen atoms in total. The summed E-state index contributed by atoms with van der Waals surface area (Å²) in [7, 11) is -2.53. The van der Waals surface area contributed by atoms with Crippen LogP contribution in [-0.4, -0.2) is 114 Å². The number of hydrogen-bond acceptors (Lipinski definition) is 10. The van der Waals surface area contributed by atoms with E-state index in [1.807, 2.05) is 17.9 Å². The number of allylic oxidation sites excluding steroid dienone is 2. The highest BCUT2D eigenvalue weighted by molar-refractivity contribution is 14.1. The molecule has 56 heavy (non-hydrogen) atoms. The number of carbonyl (C=O) groups is 2. The number of hydrogen-bond donors (Lipinski definition) is 2. The molecule has 2 aliphatic carbocycles. The number of nitrogens with zero attached hydrogens (tertiary/aromatic N) is 2. The molecule has 6 atom stereocenters. The van der Waals surface area contributed by atoms with Crippen LogP contribution in [0.2, 0.25) is 5.02 Å². The second-order valence-electron chi connectivity index (χ2n) is 16.0. The maximum Gasteiger partial charge on any atom is 0.264 e. The van der Waals surface area contributed by atoms with Crippen LogP contribution in [0, 0.1) is 17.8 Å². The van der Waals surface area contributed by atoms with Gasteiger partial charge >= 0.3 is 0 Å². The van der Waals surface area contributed by atoms with Crippen molar-refractivity contribution in [2.45, 2.75) is 68.6 Å². The van der Waals surface area contributed by atoms with Crippen LogP contribution >= 0.6 is 34.2 Å². The monoisotopic (exact) mass is 924 g/mol. The van der Waals surface area contributed by atoms with E-state index in [9.17, 15) is 18.0 Å². The van der Waals surface area contributed by atoms with E-state index in [0.717, 1.165) is 75.7 Å². The third-order valence-electron chi connectivity index (χ3n) is 12.5.